The van der Waals surface area contributed by atoms with E-state index in [-0.39, 0.29) is 17.8 Å². The van der Waals surface area contributed by atoms with Gasteiger partial charge in [0.15, 0.2) is 11.5 Å². The molecule has 1 amide bonds. The number of hydrazone groups is 1. The highest BCUT2D eigenvalue weighted by atomic mass is 16.5. The van der Waals surface area contributed by atoms with E-state index < -0.39 is 6.04 Å². The van der Waals surface area contributed by atoms with E-state index in [4.69, 9.17) is 9.47 Å². The molecule has 36 heavy (non-hydrogen) atoms. The molecule has 184 valence electrons. The Bertz CT molecular complexity index is 1300. The zero-order valence-electron chi connectivity index (χ0n) is 20.1. The van der Waals surface area contributed by atoms with E-state index >= 15 is 0 Å². The second-order valence-electron chi connectivity index (χ2n) is 8.17. The van der Waals surface area contributed by atoms with E-state index in [1.807, 2.05) is 38.1 Å². The third-order valence-electron chi connectivity index (χ3n) is 5.25. The van der Waals surface area contributed by atoms with Gasteiger partial charge in [-0.3, -0.25) is 4.79 Å². The average Bonchev–Trinajstić information content (AvgIpc) is 3.43. The maximum atomic E-state index is 13.1. The molecule has 0 aliphatic carbocycles. The highest BCUT2D eigenvalue weighted by Gasteiger charge is 2.22. The van der Waals surface area contributed by atoms with Gasteiger partial charge < -0.3 is 9.47 Å². The van der Waals surface area contributed by atoms with Crippen LogP contribution in [0.15, 0.2) is 57.8 Å². The number of methoxy groups -OCH3 is 1. The van der Waals surface area contributed by atoms with Crippen molar-refractivity contribution in [1.29, 1.82) is 5.26 Å². The number of nitriles is 1. The summed E-state index contributed by atoms with van der Waals surface area (Å²) < 4.78 is 11.3. The number of benzene rings is 2. The van der Waals surface area contributed by atoms with Crippen LogP contribution in [0.2, 0.25) is 0 Å². The average molecular weight is 488 g/mol. The van der Waals surface area contributed by atoms with Crippen LogP contribution in [0.4, 0.5) is 5.69 Å². The fraction of sp³-hybridized carbons (Fsp3) is 0.333. The fourth-order valence-corrected chi connectivity index (χ4v) is 3.56. The predicted molar refractivity (Wildman–Crippen MR) is 129 cm³/mol. The number of carbonyl (C=O) groups is 1. The smallest absolute Gasteiger partial charge is 0.273 e. The van der Waals surface area contributed by atoms with Gasteiger partial charge in [-0.1, -0.05) is 5.21 Å². The topological polar surface area (TPSA) is 154 Å². The summed E-state index contributed by atoms with van der Waals surface area (Å²) in [6.45, 7) is 4.42. The molecule has 1 N–H and O–H groups in total. The molecule has 1 atom stereocenters. The Labute approximate surface area is 207 Å². The van der Waals surface area contributed by atoms with E-state index in [0.29, 0.717) is 29.3 Å². The zero-order chi connectivity index (χ0) is 25.5. The number of nitrogens with zero attached hydrogens (tertiary/aromatic N) is 8. The number of rotatable bonds is 8. The predicted octanol–water partition coefficient (Wildman–Crippen LogP) is 3.98. The number of nitrogens with one attached hydrogen (secondary N) is 1. The fourth-order valence-electron chi connectivity index (χ4n) is 3.56. The number of hydrogen-bond donors (Lipinski definition) is 1. The number of azo groups is 1. The second kappa shape index (κ2) is 11.2. The molecule has 0 radical (unpaired) electrons. The number of H-pyrrole nitrogens is 1. The lowest BCUT2D eigenvalue weighted by Crippen LogP contribution is -2.32. The molecule has 1 aliphatic heterocycles. The summed E-state index contributed by atoms with van der Waals surface area (Å²) in [5.41, 5.74) is 2.63. The number of carbonyl (C=O) groups excluding carboxylic acids is 1. The molecule has 0 fully saturated rings. The Morgan fingerprint density at radius 1 is 1.19 bits per heavy atom. The Morgan fingerprint density at radius 3 is 2.67 bits per heavy atom. The van der Waals surface area contributed by atoms with Crippen LogP contribution < -0.4 is 9.47 Å². The molecule has 0 spiro atoms. The minimum atomic E-state index is -0.976. The van der Waals surface area contributed by atoms with Gasteiger partial charge in [0, 0.05) is 17.7 Å². The summed E-state index contributed by atoms with van der Waals surface area (Å²) in [4.78, 5) is 13.1. The van der Waals surface area contributed by atoms with Crippen molar-refractivity contribution in [2.75, 3.05) is 13.7 Å². The van der Waals surface area contributed by atoms with Gasteiger partial charge in [-0.15, -0.1) is 10.2 Å². The third kappa shape index (κ3) is 5.69. The first-order valence-electron chi connectivity index (χ1n) is 11.4. The Balaban J connectivity index is 1.49. The van der Waals surface area contributed by atoms with Crippen molar-refractivity contribution in [2.24, 2.45) is 15.3 Å². The molecule has 2 aromatic carbocycles. The minimum absolute atomic E-state index is 0.00667. The van der Waals surface area contributed by atoms with Crippen molar-refractivity contribution in [2.45, 2.75) is 38.8 Å². The SMILES string of the molecule is COc1ccc(C2=NN(C(=O)c3ccc(N=NC(C#N)c4nn[nH]n4)cc3)CCC2)cc1OC(C)C. The number of amides is 1. The number of hydrogen-bond acceptors (Lipinski definition) is 10. The van der Waals surface area contributed by atoms with E-state index in [9.17, 15) is 10.1 Å². The number of aromatic amines is 1. The minimum Gasteiger partial charge on any atom is -0.493 e. The lowest BCUT2D eigenvalue weighted by molar-refractivity contribution is 0.0751. The van der Waals surface area contributed by atoms with Gasteiger partial charge in [0.1, 0.15) is 0 Å². The third-order valence-corrected chi connectivity index (χ3v) is 5.25. The summed E-state index contributed by atoms with van der Waals surface area (Å²) in [5.74, 6) is 1.20. The highest BCUT2D eigenvalue weighted by molar-refractivity contribution is 6.03. The molecule has 4 rings (SSSR count). The monoisotopic (exact) mass is 487 g/mol. The summed E-state index contributed by atoms with van der Waals surface area (Å²) >= 11 is 0. The molecule has 12 nitrogen and oxygen atoms in total. The summed E-state index contributed by atoms with van der Waals surface area (Å²) in [6, 6.07) is 13.2. The molecular weight excluding hydrogens is 462 g/mol. The van der Waals surface area contributed by atoms with Crippen LogP contribution in [0.25, 0.3) is 0 Å². The molecular formula is C24H25N9O3. The zero-order valence-corrected chi connectivity index (χ0v) is 20.1. The lowest BCUT2D eigenvalue weighted by Gasteiger charge is -2.24. The van der Waals surface area contributed by atoms with Gasteiger partial charge in [0.25, 0.3) is 5.91 Å². The summed E-state index contributed by atoms with van der Waals surface area (Å²) in [7, 11) is 1.60. The Morgan fingerprint density at radius 2 is 2.00 bits per heavy atom. The van der Waals surface area contributed by atoms with Gasteiger partial charge in [-0.25, -0.2) is 5.01 Å². The van der Waals surface area contributed by atoms with Crippen LogP contribution in [-0.4, -0.2) is 57.0 Å². The van der Waals surface area contributed by atoms with Gasteiger partial charge in [-0.2, -0.15) is 25.8 Å². The summed E-state index contributed by atoms with van der Waals surface area (Å²) in [6.07, 6.45) is 1.53. The molecule has 1 unspecified atom stereocenters. The molecule has 0 saturated heterocycles. The Kier molecular flexibility index (Phi) is 7.60. The molecule has 0 saturated carbocycles. The second-order valence-corrected chi connectivity index (χ2v) is 8.17. The van der Waals surface area contributed by atoms with Crippen molar-refractivity contribution < 1.29 is 14.3 Å². The standard InChI is InChI=1S/C24H25N9O3/c1-15(2)36-22-13-17(8-11-21(22)35-3)19-5-4-12-33(30-19)24(34)16-6-9-18(10-7-16)26-27-20(14-25)23-28-31-32-29-23/h6-11,13,15,20H,4-5,12H2,1-3H3,(H,28,29,31,32). The molecule has 0 bridgehead atoms. The van der Waals surface area contributed by atoms with E-state index in [2.05, 4.69) is 36.0 Å². The molecule has 12 heteroatoms. The summed E-state index contributed by atoms with van der Waals surface area (Å²) in [5, 5.41) is 36.5. The van der Waals surface area contributed by atoms with Gasteiger partial charge >= 0.3 is 0 Å². The van der Waals surface area contributed by atoms with Crippen LogP contribution >= 0.6 is 0 Å². The number of aromatic nitrogens is 4. The van der Waals surface area contributed by atoms with Crippen LogP contribution in [-0.2, 0) is 0 Å². The van der Waals surface area contributed by atoms with E-state index in [0.717, 1.165) is 24.1 Å². The van der Waals surface area contributed by atoms with Crippen molar-refractivity contribution in [3.8, 4) is 17.6 Å². The molecule has 1 aliphatic rings. The van der Waals surface area contributed by atoms with Crippen molar-refractivity contribution in [1.82, 2.24) is 25.6 Å². The van der Waals surface area contributed by atoms with Crippen LogP contribution in [0.3, 0.4) is 0 Å². The van der Waals surface area contributed by atoms with Gasteiger partial charge in [-0.05, 0) is 69.2 Å². The van der Waals surface area contributed by atoms with Crippen molar-refractivity contribution >= 4 is 17.3 Å². The van der Waals surface area contributed by atoms with Crippen LogP contribution in [0.5, 0.6) is 11.5 Å². The van der Waals surface area contributed by atoms with Crippen molar-refractivity contribution in [3.63, 3.8) is 0 Å². The van der Waals surface area contributed by atoms with E-state index in [1.165, 1.54) is 5.01 Å². The normalized spacial score (nSPS) is 14.4. The lowest BCUT2D eigenvalue weighted by atomic mass is 10.0. The number of ether oxygens (including phenoxy) is 2. The molecule has 3 aromatic rings. The molecule has 2 heterocycles. The number of tetrazole rings is 1. The van der Waals surface area contributed by atoms with Crippen LogP contribution in [0, 0.1) is 11.3 Å². The van der Waals surface area contributed by atoms with Gasteiger partial charge in [0.2, 0.25) is 11.9 Å². The highest BCUT2D eigenvalue weighted by Crippen LogP contribution is 2.30. The Hall–Kier alpha value is -4.66. The molecule has 1 aromatic heterocycles. The maximum absolute atomic E-state index is 13.1. The quantitative estimate of drug-likeness (QED) is 0.471. The van der Waals surface area contributed by atoms with Crippen molar-refractivity contribution in [3.05, 3.63) is 59.4 Å². The largest absolute Gasteiger partial charge is 0.493 e. The first-order valence-corrected chi connectivity index (χ1v) is 11.4. The maximum Gasteiger partial charge on any atom is 0.273 e. The van der Waals surface area contributed by atoms with Gasteiger partial charge in [0.05, 0.1) is 30.7 Å². The first kappa shape index (κ1) is 24.5. The first-order chi connectivity index (χ1) is 17.5. The van der Waals surface area contributed by atoms with E-state index in [1.54, 1.807) is 31.4 Å². The van der Waals surface area contributed by atoms with Crippen LogP contribution in [0.1, 0.15) is 54.5 Å².